The van der Waals surface area contributed by atoms with E-state index in [4.69, 9.17) is 5.11 Å². The first kappa shape index (κ1) is 9.74. The third-order valence-corrected chi connectivity index (χ3v) is 2.88. The summed E-state index contributed by atoms with van der Waals surface area (Å²) >= 11 is 3.46. The number of aliphatic hydroxyl groups excluding tert-OH is 1. The molecule has 0 aliphatic carbocycles. The summed E-state index contributed by atoms with van der Waals surface area (Å²) in [6, 6.07) is 6.20. The highest BCUT2D eigenvalue weighted by molar-refractivity contribution is 9.10. The lowest BCUT2D eigenvalue weighted by molar-refractivity contribution is 0.278. The molecule has 0 aliphatic rings. The van der Waals surface area contributed by atoms with Crippen LogP contribution in [0.3, 0.4) is 0 Å². The second-order valence-corrected chi connectivity index (χ2v) is 4.31. The van der Waals surface area contributed by atoms with E-state index in [-0.39, 0.29) is 6.61 Å². The van der Waals surface area contributed by atoms with Crippen LogP contribution < -0.4 is 0 Å². The number of rotatable bonds is 2. The quantitative estimate of drug-likeness (QED) is 0.875. The van der Waals surface area contributed by atoms with Crippen molar-refractivity contribution in [1.29, 1.82) is 0 Å². The molecule has 0 unspecified atom stereocenters. The van der Waals surface area contributed by atoms with E-state index in [0.717, 1.165) is 4.47 Å². The summed E-state index contributed by atoms with van der Waals surface area (Å²) in [5, 5.41) is 10.2. The molecule has 74 valence electrons. The molecule has 0 saturated heterocycles. The van der Waals surface area contributed by atoms with E-state index < -0.39 is 0 Å². The number of fused-ring (bicyclic) bond motifs is 1. The number of nitrogens with zero attached hydrogens (tertiary/aromatic N) is 1. The van der Waals surface area contributed by atoms with Crippen molar-refractivity contribution in [2.75, 3.05) is 6.61 Å². The van der Waals surface area contributed by atoms with Crippen molar-refractivity contribution in [2.24, 2.45) is 0 Å². The Morgan fingerprint density at radius 2 is 2.21 bits per heavy atom. The maximum atomic E-state index is 8.91. The molecule has 0 bridgehead atoms. The van der Waals surface area contributed by atoms with Gasteiger partial charge in [-0.15, -0.1) is 0 Å². The lowest BCUT2D eigenvalue weighted by atomic mass is 10.2. The van der Waals surface area contributed by atoms with Gasteiger partial charge < -0.3 is 9.67 Å². The molecular formula is C11H12BrNO. The molecule has 0 fully saturated rings. The van der Waals surface area contributed by atoms with Crippen molar-refractivity contribution < 1.29 is 5.11 Å². The standard InChI is InChI=1S/C11H12BrNO/c1-8-7-13(4-5-14)11-3-2-9(12)6-10(8)11/h2-3,6-7,14H,4-5H2,1H3. The van der Waals surface area contributed by atoms with Gasteiger partial charge in [-0.05, 0) is 30.7 Å². The molecule has 1 aromatic carbocycles. The van der Waals surface area contributed by atoms with Crippen LogP contribution in [0.15, 0.2) is 28.9 Å². The minimum absolute atomic E-state index is 0.180. The Morgan fingerprint density at radius 1 is 1.43 bits per heavy atom. The SMILES string of the molecule is Cc1cn(CCO)c2ccc(Br)cc12. The van der Waals surface area contributed by atoms with Crippen LogP contribution in [0.4, 0.5) is 0 Å². The zero-order valence-corrected chi connectivity index (χ0v) is 9.58. The molecule has 1 aromatic heterocycles. The van der Waals surface area contributed by atoms with Crippen LogP contribution in [0.1, 0.15) is 5.56 Å². The lowest BCUT2D eigenvalue weighted by Gasteiger charge is -2.01. The van der Waals surface area contributed by atoms with Crippen molar-refractivity contribution in [3.05, 3.63) is 34.4 Å². The van der Waals surface area contributed by atoms with E-state index in [0.29, 0.717) is 6.54 Å². The van der Waals surface area contributed by atoms with Crippen molar-refractivity contribution >= 4 is 26.8 Å². The van der Waals surface area contributed by atoms with Gasteiger partial charge in [-0.25, -0.2) is 0 Å². The van der Waals surface area contributed by atoms with Crippen LogP contribution in [0.5, 0.6) is 0 Å². The van der Waals surface area contributed by atoms with Crippen molar-refractivity contribution in [3.8, 4) is 0 Å². The summed E-state index contributed by atoms with van der Waals surface area (Å²) < 4.78 is 3.17. The zero-order chi connectivity index (χ0) is 10.1. The molecule has 0 radical (unpaired) electrons. The molecule has 0 amide bonds. The third-order valence-electron chi connectivity index (χ3n) is 2.38. The fourth-order valence-electron chi connectivity index (χ4n) is 1.74. The number of aliphatic hydroxyl groups is 1. The van der Waals surface area contributed by atoms with Crippen LogP contribution in [0.2, 0.25) is 0 Å². The van der Waals surface area contributed by atoms with Gasteiger partial charge in [-0.1, -0.05) is 15.9 Å². The smallest absolute Gasteiger partial charge is 0.0610 e. The largest absolute Gasteiger partial charge is 0.395 e. The number of hydrogen-bond acceptors (Lipinski definition) is 1. The second-order valence-electron chi connectivity index (χ2n) is 3.39. The Bertz CT molecular complexity index is 462. The van der Waals surface area contributed by atoms with E-state index >= 15 is 0 Å². The van der Waals surface area contributed by atoms with Crippen molar-refractivity contribution in [2.45, 2.75) is 13.5 Å². The predicted octanol–water partition coefficient (Wildman–Crippen LogP) is 2.70. The average molecular weight is 254 g/mol. The zero-order valence-electron chi connectivity index (χ0n) is 8.00. The minimum Gasteiger partial charge on any atom is -0.395 e. The van der Waals surface area contributed by atoms with Gasteiger partial charge in [-0.2, -0.15) is 0 Å². The second kappa shape index (κ2) is 3.75. The highest BCUT2D eigenvalue weighted by atomic mass is 79.9. The molecular weight excluding hydrogens is 242 g/mol. The van der Waals surface area contributed by atoms with Gasteiger partial charge in [0.05, 0.1) is 6.61 Å². The third kappa shape index (κ3) is 1.57. The first-order valence-electron chi connectivity index (χ1n) is 4.58. The number of benzene rings is 1. The lowest BCUT2D eigenvalue weighted by Crippen LogP contribution is -1.99. The normalized spacial score (nSPS) is 11.1. The Balaban J connectivity index is 2.65. The molecule has 2 rings (SSSR count). The van der Waals surface area contributed by atoms with Crippen molar-refractivity contribution in [1.82, 2.24) is 4.57 Å². The van der Waals surface area contributed by atoms with E-state index in [2.05, 4.69) is 45.8 Å². The maximum absolute atomic E-state index is 8.91. The number of halogens is 1. The first-order valence-corrected chi connectivity index (χ1v) is 5.37. The highest BCUT2D eigenvalue weighted by Gasteiger charge is 2.04. The van der Waals surface area contributed by atoms with Gasteiger partial charge in [0.25, 0.3) is 0 Å². The average Bonchev–Trinajstić information content (AvgIpc) is 2.44. The van der Waals surface area contributed by atoms with Gasteiger partial charge in [0.2, 0.25) is 0 Å². The summed E-state index contributed by atoms with van der Waals surface area (Å²) in [4.78, 5) is 0. The van der Waals surface area contributed by atoms with Gasteiger partial charge in [0, 0.05) is 28.1 Å². The fraction of sp³-hybridized carbons (Fsp3) is 0.273. The summed E-state index contributed by atoms with van der Waals surface area (Å²) in [6.07, 6.45) is 2.08. The van der Waals surface area contributed by atoms with E-state index in [9.17, 15) is 0 Å². The van der Waals surface area contributed by atoms with Gasteiger partial charge in [0.15, 0.2) is 0 Å². The van der Waals surface area contributed by atoms with Gasteiger partial charge in [0.1, 0.15) is 0 Å². The van der Waals surface area contributed by atoms with Crippen molar-refractivity contribution in [3.63, 3.8) is 0 Å². The molecule has 0 spiro atoms. The number of hydrogen-bond donors (Lipinski definition) is 1. The summed E-state index contributed by atoms with van der Waals surface area (Å²) in [5.74, 6) is 0. The van der Waals surface area contributed by atoms with Crippen LogP contribution in [-0.4, -0.2) is 16.3 Å². The molecule has 14 heavy (non-hydrogen) atoms. The van der Waals surface area contributed by atoms with Gasteiger partial charge in [-0.3, -0.25) is 0 Å². The first-order chi connectivity index (χ1) is 6.72. The van der Waals surface area contributed by atoms with Gasteiger partial charge >= 0.3 is 0 Å². The Kier molecular flexibility index (Phi) is 2.61. The van der Waals surface area contributed by atoms with E-state index in [1.54, 1.807) is 0 Å². The van der Waals surface area contributed by atoms with Crippen LogP contribution >= 0.6 is 15.9 Å². The Morgan fingerprint density at radius 3 is 2.93 bits per heavy atom. The molecule has 2 aromatic rings. The van der Waals surface area contributed by atoms with E-state index in [1.807, 2.05) is 6.07 Å². The summed E-state index contributed by atoms with van der Waals surface area (Å²) in [5.41, 5.74) is 2.43. The van der Waals surface area contributed by atoms with Crippen LogP contribution in [-0.2, 0) is 6.54 Å². The predicted molar refractivity (Wildman–Crippen MR) is 61.5 cm³/mol. The van der Waals surface area contributed by atoms with Crippen LogP contribution in [0, 0.1) is 6.92 Å². The molecule has 0 saturated carbocycles. The maximum Gasteiger partial charge on any atom is 0.0610 e. The Labute approximate surface area is 91.3 Å². The topological polar surface area (TPSA) is 25.2 Å². The number of aromatic nitrogens is 1. The summed E-state index contributed by atoms with van der Waals surface area (Å²) in [6.45, 7) is 2.92. The highest BCUT2D eigenvalue weighted by Crippen LogP contribution is 2.24. The number of aryl methyl sites for hydroxylation is 1. The van der Waals surface area contributed by atoms with E-state index in [1.165, 1.54) is 16.5 Å². The fourth-order valence-corrected chi connectivity index (χ4v) is 2.10. The minimum atomic E-state index is 0.180. The van der Waals surface area contributed by atoms with Crippen LogP contribution in [0.25, 0.3) is 10.9 Å². The molecule has 0 atom stereocenters. The monoisotopic (exact) mass is 253 g/mol. The molecule has 1 N–H and O–H groups in total. The molecule has 0 aliphatic heterocycles. The Hall–Kier alpha value is -0.800. The molecule has 3 heteroatoms. The summed E-state index contributed by atoms with van der Waals surface area (Å²) in [7, 11) is 0. The molecule has 1 heterocycles. The molecule has 2 nitrogen and oxygen atoms in total.